The maximum absolute atomic E-state index is 14.1. The molecule has 1 atom stereocenters. The first-order valence-corrected chi connectivity index (χ1v) is 9.86. The molecule has 0 amide bonds. The summed E-state index contributed by atoms with van der Waals surface area (Å²) in [6.45, 7) is 4.09. The van der Waals surface area contributed by atoms with Gasteiger partial charge in [0.2, 0.25) is 0 Å². The smallest absolute Gasteiger partial charge is 0.127 e. The molecule has 1 unspecified atom stereocenters. The fourth-order valence-corrected chi connectivity index (χ4v) is 4.11. The molecule has 28 heavy (non-hydrogen) atoms. The van der Waals surface area contributed by atoms with E-state index in [0.717, 1.165) is 43.0 Å². The van der Waals surface area contributed by atoms with Gasteiger partial charge in [-0.1, -0.05) is 30.3 Å². The Morgan fingerprint density at radius 2 is 1.86 bits per heavy atom. The van der Waals surface area contributed by atoms with E-state index in [1.165, 1.54) is 6.07 Å². The number of hydrogen-bond donors (Lipinski definition) is 1. The number of rotatable bonds is 6. The number of para-hydroxylation sites is 2. The van der Waals surface area contributed by atoms with Gasteiger partial charge in [-0.15, -0.1) is 0 Å². The lowest BCUT2D eigenvalue weighted by Crippen LogP contribution is -2.52. The summed E-state index contributed by atoms with van der Waals surface area (Å²) in [5, 5.41) is 9.54. The van der Waals surface area contributed by atoms with E-state index in [2.05, 4.69) is 27.5 Å². The Morgan fingerprint density at radius 3 is 2.64 bits per heavy atom. The minimum absolute atomic E-state index is 0.137. The van der Waals surface area contributed by atoms with E-state index in [4.69, 9.17) is 4.98 Å². The van der Waals surface area contributed by atoms with Crippen molar-refractivity contribution < 1.29 is 9.50 Å². The van der Waals surface area contributed by atoms with Crippen LogP contribution in [0.1, 0.15) is 17.8 Å². The van der Waals surface area contributed by atoms with Crippen molar-refractivity contribution in [3.05, 3.63) is 65.7 Å². The third-order valence-electron chi connectivity index (χ3n) is 5.73. The van der Waals surface area contributed by atoms with Crippen LogP contribution in [0.2, 0.25) is 0 Å². The molecule has 1 aliphatic heterocycles. The van der Waals surface area contributed by atoms with E-state index in [-0.39, 0.29) is 18.5 Å². The Bertz CT molecular complexity index is 941. The van der Waals surface area contributed by atoms with Crippen LogP contribution in [-0.4, -0.2) is 56.7 Å². The summed E-state index contributed by atoms with van der Waals surface area (Å²) < 4.78 is 16.2. The third-order valence-corrected chi connectivity index (χ3v) is 5.73. The van der Waals surface area contributed by atoms with Crippen molar-refractivity contribution in [3.8, 4) is 0 Å². The minimum atomic E-state index is -0.160. The van der Waals surface area contributed by atoms with Crippen LogP contribution in [0, 0.1) is 5.82 Å². The predicted octanol–water partition coefficient (Wildman–Crippen LogP) is 2.78. The van der Waals surface area contributed by atoms with Gasteiger partial charge < -0.3 is 9.67 Å². The number of nitrogens with zero attached hydrogens (tertiary/aromatic N) is 4. The van der Waals surface area contributed by atoms with Gasteiger partial charge in [0.1, 0.15) is 11.6 Å². The van der Waals surface area contributed by atoms with Crippen molar-refractivity contribution in [1.29, 1.82) is 0 Å². The normalized spacial score (nSPS) is 18.8. The summed E-state index contributed by atoms with van der Waals surface area (Å²) in [4.78, 5) is 9.46. The number of hydrogen-bond acceptors (Lipinski definition) is 4. The van der Waals surface area contributed by atoms with Crippen LogP contribution in [0.5, 0.6) is 0 Å². The first-order valence-electron chi connectivity index (χ1n) is 9.86. The van der Waals surface area contributed by atoms with Crippen molar-refractivity contribution in [3.63, 3.8) is 0 Å². The number of aliphatic hydroxyl groups is 1. The van der Waals surface area contributed by atoms with Gasteiger partial charge in [0, 0.05) is 51.4 Å². The Kier molecular flexibility index (Phi) is 5.71. The van der Waals surface area contributed by atoms with E-state index in [9.17, 15) is 9.50 Å². The zero-order chi connectivity index (χ0) is 19.5. The van der Waals surface area contributed by atoms with Gasteiger partial charge in [0.15, 0.2) is 0 Å². The van der Waals surface area contributed by atoms with Crippen LogP contribution in [0.15, 0.2) is 48.5 Å². The third kappa shape index (κ3) is 3.94. The zero-order valence-electron chi connectivity index (χ0n) is 16.3. The molecular weight excluding hydrogens is 355 g/mol. The molecule has 2 aromatic carbocycles. The van der Waals surface area contributed by atoms with Gasteiger partial charge >= 0.3 is 0 Å². The number of benzene rings is 2. The molecule has 0 bridgehead atoms. The van der Waals surface area contributed by atoms with Crippen LogP contribution in [0.4, 0.5) is 4.39 Å². The van der Waals surface area contributed by atoms with E-state index < -0.39 is 0 Å². The van der Waals surface area contributed by atoms with Crippen LogP contribution >= 0.6 is 0 Å². The number of piperazine rings is 1. The van der Waals surface area contributed by atoms with Crippen LogP contribution < -0.4 is 0 Å². The molecule has 4 rings (SSSR count). The predicted molar refractivity (Wildman–Crippen MR) is 108 cm³/mol. The summed E-state index contributed by atoms with van der Waals surface area (Å²) in [6.07, 6.45) is 0.688. The van der Waals surface area contributed by atoms with Crippen molar-refractivity contribution in [1.82, 2.24) is 19.4 Å². The summed E-state index contributed by atoms with van der Waals surface area (Å²) in [5.41, 5.74) is 2.88. The molecule has 1 saturated heterocycles. The van der Waals surface area contributed by atoms with Crippen molar-refractivity contribution in [2.75, 3.05) is 26.2 Å². The number of aromatic nitrogens is 2. The second-order valence-corrected chi connectivity index (χ2v) is 7.54. The molecule has 6 heteroatoms. The second-order valence-electron chi connectivity index (χ2n) is 7.54. The van der Waals surface area contributed by atoms with Crippen LogP contribution in [-0.2, 0) is 20.1 Å². The van der Waals surface area contributed by atoms with Gasteiger partial charge in [-0.25, -0.2) is 9.37 Å². The molecule has 0 radical (unpaired) electrons. The molecule has 0 aliphatic carbocycles. The number of imidazole rings is 1. The van der Waals surface area contributed by atoms with Gasteiger partial charge in [-0.05, 0) is 24.6 Å². The lowest BCUT2D eigenvalue weighted by Gasteiger charge is -2.41. The SMILES string of the molecule is Cn1c(CN2CCN(Cc3ccccc3F)C(CCO)C2)nc2ccccc21. The van der Waals surface area contributed by atoms with E-state index in [0.29, 0.717) is 18.5 Å². The maximum Gasteiger partial charge on any atom is 0.127 e. The van der Waals surface area contributed by atoms with Crippen LogP contribution in [0.25, 0.3) is 11.0 Å². The van der Waals surface area contributed by atoms with Gasteiger partial charge in [0.25, 0.3) is 0 Å². The van der Waals surface area contributed by atoms with Gasteiger partial charge in [-0.2, -0.15) is 0 Å². The Hall–Kier alpha value is -2.28. The average molecular weight is 382 g/mol. The fourth-order valence-electron chi connectivity index (χ4n) is 4.11. The first kappa shape index (κ1) is 19.1. The lowest BCUT2D eigenvalue weighted by atomic mass is 10.1. The number of halogens is 1. The number of aliphatic hydroxyl groups excluding tert-OH is 1. The molecule has 0 saturated carbocycles. The molecule has 1 N–H and O–H groups in total. The Balaban J connectivity index is 1.46. The molecule has 1 aliphatic rings. The number of aryl methyl sites for hydroxylation is 1. The number of fused-ring (bicyclic) bond motifs is 1. The van der Waals surface area contributed by atoms with E-state index in [1.54, 1.807) is 6.07 Å². The fraction of sp³-hybridized carbons (Fsp3) is 0.409. The molecule has 0 spiro atoms. The first-order chi connectivity index (χ1) is 13.7. The van der Waals surface area contributed by atoms with E-state index >= 15 is 0 Å². The zero-order valence-corrected chi connectivity index (χ0v) is 16.3. The highest BCUT2D eigenvalue weighted by Gasteiger charge is 2.28. The minimum Gasteiger partial charge on any atom is -0.396 e. The second kappa shape index (κ2) is 8.39. The monoisotopic (exact) mass is 382 g/mol. The lowest BCUT2D eigenvalue weighted by molar-refractivity contribution is 0.0478. The summed E-state index contributed by atoms with van der Waals surface area (Å²) >= 11 is 0. The molecule has 1 fully saturated rings. The molecule has 3 aromatic rings. The summed E-state index contributed by atoms with van der Waals surface area (Å²) in [5.74, 6) is 0.888. The van der Waals surface area contributed by atoms with Crippen molar-refractivity contribution in [2.45, 2.75) is 25.6 Å². The van der Waals surface area contributed by atoms with Crippen molar-refractivity contribution in [2.24, 2.45) is 7.05 Å². The largest absolute Gasteiger partial charge is 0.396 e. The maximum atomic E-state index is 14.1. The quantitative estimate of drug-likeness (QED) is 0.712. The van der Waals surface area contributed by atoms with Crippen molar-refractivity contribution >= 4 is 11.0 Å². The molecule has 1 aromatic heterocycles. The molecular formula is C22H27FN4O. The highest BCUT2D eigenvalue weighted by molar-refractivity contribution is 5.75. The highest BCUT2D eigenvalue weighted by Crippen LogP contribution is 2.21. The Morgan fingerprint density at radius 1 is 1.07 bits per heavy atom. The molecule has 5 nitrogen and oxygen atoms in total. The average Bonchev–Trinajstić information content (AvgIpc) is 3.01. The topological polar surface area (TPSA) is 44.5 Å². The summed E-state index contributed by atoms with van der Waals surface area (Å²) in [7, 11) is 2.06. The Labute approximate surface area is 165 Å². The van der Waals surface area contributed by atoms with Crippen LogP contribution in [0.3, 0.4) is 0 Å². The van der Waals surface area contributed by atoms with E-state index in [1.807, 2.05) is 30.3 Å². The van der Waals surface area contributed by atoms with Gasteiger partial charge in [0.05, 0.1) is 17.6 Å². The highest BCUT2D eigenvalue weighted by atomic mass is 19.1. The standard InChI is InChI=1S/C22H27FN4O/c1-25-21-9-5-4-8-20(21)24-22(25)16-26-11-12-27(18(15-26)10-13-28)14-17-6-2-3-7-19(17)23/h2-9,18,28H,10-16H2,1H3. The van der Waals surface area contributed by atoms with Gasteiger partial charge in [-0.3, -0.25) is 9.80 Å². The molecule has 148 valence electrons. The molecule has 2 heterocycles. The summed E-state index contributed by atoms with van der Waals surface area (Å²) in [6, 6.07) is 15.3.